The summed E-state index contributed by atoms with van der Waals surface area (Å²) in [6, 6.07) is 7.46. The summed E-state index contributed by atoms with van der Waals surface area (Å²) in [6.45, 7) is 0.919. The molecular formula is C13H13NO2. The van der Waals surface area contributed by atoms with Crippen LogP contribution in [0.5, 0.6) is 5.75 Å². The van der Waals surface area contributed by atoms with Crippen molar-refractivity contribution in [3.63, 3.8) is 0 Å². The lowest BCUT2D eigenvalue weighted by Crippen LogP contribution is -2.12. The number of fused-ring (bicyclic) bond motifs is 1. The lowest BCUT2D eigenvalue weighted by molar-refractivity contribution is 0.475. The molecule has 0 saturated heterocycles. The maximum absolute atomic E-state index is 9.79. The van der Waals surface area contributed by atoms with Crippen LogP contribution in [-0.4, -0.2) is 11.7 Å². The fourth-order valence-electron chi connectivity index (χ4n) is 2.23. The second-order valence-electron chi connectivity index (χ2n) is 3.99. The van der Waals surface area contributed by atoms with Crippen LogP contribution in [0.25, 0.3) is 11.3 Å². The Kier molecular flexibility index (Phi) is 2.10. The van der Waals surface area contributed by atoms with E-state index in [1.165, 1.54) is 0 Å². The SMILES string of the molecule is Oc1ccc(-c2ccco2)c2c1NCCC2. The number of furan rings is 1. The highest BCUT2D eigenvalue weighted by Crippen LogP contribution is 2.38. The Morgan fingerprint density at radius 2 is 2.19 bits per heavy atom. The molecule has 16 heavy (non-hydrogen) atoms. The molecular weight excluding hydrogens is 202 g/mol. The summed E-state index contributed by atoms with van der Waals surface area (Å²) in [7, 11) is 0. The van der Waals surface area contributed by atoms with E-state index in [9.17, 15) is 5.11 Å². The lowest BCUT2D eigenvalue weighted by Gasteiger charge is -2.21. The van der Waals surface area contributed by atoms with Gasteiger partial charge in [0.05, 0.1) is 12.0 Å². The summed E-state index contributed by atoms with van der Waals surface area (Å²) in [5, 5.41) is 13.0. The molecule has 2 aromatic rings. The van der Waals surface area contributed by atoms with E-state index in [-0.39, 0.29) is 0 Å². The van der Waals surface area contributed by atoms with Gasteiger partial charge in [0, 0.05) is 12.1 Å². The van der Waals surface area contributed by atoms with Gasteiger partial charge in [-0.1, -0.05) is 0 Å². The lowest BCUT2D eigenvalue weighted by atomic mass is 9.95. The van der Waals surface area contributed by atoms with Crippen LogP contribution in [-0.2, 0) is 6.42 Å². The Labute approximate surface area is 93.7 Å². The van der Waals surface area contributed by atoms with E-state index in [2.05, 4.69) is 5.32 Å². The second kappa shape index (κ2) is 3.59. The molecule has 1 aromatic carbocycles. The summed E-state index contributed by atoms with van der Waals surface area (Å²) in [5.74, 6) is 1.19. The van der Waals surface area contributed by atoms with E-state index in [0.29, 0.717) is 5.75 Å². The number of hydrogen-bond donors (Lipinski definition) is 2. The molecule has 3 heteroatoms. The molecule has 0 radical (unpaired) electrons. The first-order valence-corrected chi connectivity index (χ1v) is 5.49. The van der Waals surface area contributed by atoms with Crippen molar-refractivity contribution in [2.24, 2.45) is 0 Å². The number of phenols is 1. The van der Waals surface area contributed by atoms with Gasteiger partial charge in [-0.2, -0.15) is 0 Å². The molecule has 1 aliphatic heterocycles. The first kappa shape index (κ1) is 9.33. The van der Waals surface area contributed by atoms with Crippen molar-refractivity contribution in [1.82, 2.24) is 0 Å². The third-order valence-corrected chi connectivity index (χ3v) is 2.98. The predicted molar refractivity (Wildman–Crippen MR) is 62.6 cm³/mol. The maximum atomic E-state index is 9.79. The minimum atomic E-state index is 0.324. The third-order valence-electron chi connectivity index (χ3n) is 2.98. The number of aromatic hydroxyl groups is 1. The van der Waals surface area contributed by atoms with Crippen molar-refractivity contribution in [3.05, 3.63) is 36.1 Å². The summed E-state index contributed by atoms with van der Waals surface area (Å²) < 4.78 is 5.42. The van der Waals surface area contributed by atoms with Gasteiger partial charge in [-0.15, -0.1) is 0 Å². The van der Waals surface area contributed by atoms with Crippen LogP contribution >= 0.6 is 0 Å². The molecule has 2 N–H and O–H groups in total. The molecule has 0 amide bonds. The fourth-order valence-corrected chi connectivity index (χ4v) is 2.23. The molecule has 1 aromatic heterocycles. The summed E-state index contributed by atoms with van der Waals surface area (Å²) in [5.41, 5.74) is 3.09. The quantitative estimate of drug-likeness (QED) is 0.719. The molecule has 0 aliphatic carbocycles. The number of nitrogens with one attached hydrogen (secondary N) is 1. The zero-order valence-electron chi connectivity index (χ0n) is 8.86. The Balaban J connectivity index is 2.19. The van der Waals surface area contributed by atoms with Crippen LogP contribution in [0.2, 0.25) is 0 Å². The summed E-state index contributed by atoms with van der Waals surface area (Å²) >= 11 is 0. The van der Waals surface area contributed by atoms with Crippen LogP contribution < -0.4 is 5.32 Å². The van der Waals surface area contributed by atoms with Gasteiger partial charge < -0.3 is 14.8 Å². The molecule has 0 spiro atoms. The molecule has 0 bridgehead atoms. The third kappa shape index (κ3) is 1.36. The van der Waals surface area contributed by atoms with Crippen LogP contribution in [0.1, 0.15) is 12.0 Å². The molecule has 2 heterocycles. The smallest absolute Gasteiger partial charge is 0.139 e. The summed E-state index contributed by atoms with van der Waals surface area (Å²) in [6.07, 6.45) is 3.74. The fraction of sp³-hybridized carbons (Fsp3) is 0.231. The Bertz CT molecular complexity index is 503. The van der Waals surface area contributed by atoms with Gasteiger partial charge in [0.2, 0.25) is 0 Å². The molecule has 0 unspecified atom stereocenters. The zero-order chi connectivity index (χ0) is 11.0. The highest BCUT2D eigenvalue weighted by molar-refractivity contribution is 5.76. The summed E-state index contributed by atoms with van der Waals surface area (Å²) in [4.78, 5) is 0. The molecule has 3 nitrogen and oxygen atoms in total. The van der Waals surface area contributed by atoms with Crippen molar-refractivity contribution in [2.75, 3.05) is 11.9 Å². The minimum Gasteiger partial charge on any atom is -0.506 e. The van der Waals surface area contributed by atoms with Crippen molar-refractivity contribution in [1.29, 1.82) is 0 Å². The van der Waals surface area contributed by atoms with Crippen molar-refractivity contribution < 1.29 is 9.52 Å². The molecule has 0 saturated carbocycles. The van der Waals surface area contributed by atoms with E-state index in [0.717, 1.165) is 42.0 Å². The Hall–Kier alpha value is -1.90. The number of rotatable bonds is 1. The standard InChI is InChI=1S/C13H13NO2/c15-11-6-5-9(12-4-2-8-16-12)10-3-1-7-14-13(10)11/h2,4-6,8,14-15H,1,3,7H2. The minimum absolute atomic E-state index is 0.324. The van der Waals surface area contributed by atoms with Gasteiger partial charge in [0.25, 0.3) is 0 Å². The van der Waals surface area contributed by atoms with Gasteiger partial charge >= 0.3 is 0 Å². The van der Waals surface area contributed by atoms with E-state index in [1.54, 1.807) is 12.3 Å². The van der Waals surface area contributed by atoms with Gasteiger partial charge in [-0.25, -0.2) is 0 Å². The van der Waals surface area contributed by atoms with Gasteiger partial charge in [0.15, 0.2) is 0 Å². The Morgan fingerprint density at radius 3 is 3.00 bits per heavy atom. The molecule has 3 rings (SSSR count). The molecule has 1 aliphatic rings. The van der Waals surface area contributed by atoms with Crippen LogP contribution in [0.15, 0.2) is 34.9 Å². The molecule has 82 valence electrons. The van der Waals surface area contributed by atoms with Gasteiger partial charge in [-0.3, -0.25) is 0 Å². The van der Waals surface area contributed by atoms with E-state index < -0.39 is 0 Å². The monoisotopic (exact) mass is 215 g/mol. The average Bonchev–Trinajstić information content (AvgIpc) is 2.83. The van der Waals surface area contributed by atoms with E-state index in [1.807, 2.05) is 18.2 Å². The predicted octanol–water partition coefficient (Wildman–Crippen LogP) is 3.01. The highest BCUT2D eigenvalue weighted by Gasteiger charge is 2.18. The largest absolute Gasteiger partial charge is 0.506 e. The van der Waals surface area contributed by atoms with E-state index >= 15 is 0 Å². The van der Waals surface area contributed by atoms with Crippen molar-refractivity contribution in [3.8, 4) is 17.1 Å². The molecule has 0 atom stereocenters. The van der Waals surface area contributed by atoms with Gasteiger partial charge in [-0.05, 0) is 42.7 Å². The van der Waals surface area contributed by atoms with Gasteiger partial charge in [0.1, 0.15) is 11.5 Å². The Morgan fingerprint density at radius 1 is 1.25 bits per heavy atom. The maximum Gasteiger partial charge on any atom is 0.139 e. The first-order chi connectivity index (χ1) is 7.86. The topological polar surface area (TPSA) is 45.4 Å². The number of anilines is 1. The van der Waals surface area contributed by atoms with Crippen molar-refractivity contribution >= 4 is 5.69 Å². The van der Waals surface area contributed by atoms with Crippen LogP contribution in [0.4, 0.5) is 5.69 Å². The number of hydrogen-bond acceptors (Lipinski definition) is 3. The second-order valence-corrected chi connectivity index (χ2v) is 3.99. The number of phenolic OH excluding ortho intramolecular Hbond substituents is 1. The molecule has 0 fully saturated rings. The first-order valence-electron chi connectivity index (χ1n) is 5.49. The van der Waals surface area contributed by atoms with Crippen LogP contribution in [0.3, 0.4) is 0 Å². The highest BCUT2D eigenvalue weighted by atomic mass is 16.3. The zero-order valence-corrected chi connectivity index (χ0v) is 8.86. The average molecular weight is 215 g/mol. The van der Waals surface area contributed by atoms with Crippen LogP contribution in [0, 0.1) is 0 Å². The number of benzene rings is 1. The normalized spacial score (nSPS) is 14.2. The van der Waals surface area contributed by atoms with Crippen molar-refractivity contribution in [2.45, 2.75) is 12.8 Å². The van der Waals surface area contributed by atoms with E-state index in [4.69, 9.17) is 4.42 Å².